The van der Waals surface area contributed by atoms with Gasteiger partial charge in [0.25, 0.3) is 0 Å². The van der Waals surface area contributed by atoms with Gasteiger partial charge in [-0.2, -0.15) is 0 Å². The summed E-state index contributed by atoms with van der Waals surface area (Å²) >= 11 is 0. The minimum atomic E-state index is -0.806. The number of hydrogen-bond acceptors (Lipinski definition) is 5. The van der Waals surface area contributed by atoms with Gasteiger partial charge in [0.1, 0.15) is 6.10 Å². The highest BCUT2D eigenvalue weighted by Gasteiger charge is 2.23. The number of amides is 1. The van der Waals surface area contributed by atoms with E-state index < -0.39 is 18.2 Å². The lowest BCUT2D eigenvalue weighted by Crippen LogP contribution is -2.46. The maximum Gasteiger partial charge on any atom is 0.306 e. The van der Waals surface area contributed by atoms with Crippen LogP contribution in [0.2, 0.25) is 0 Å². The summed E-state index contributed by atoms with van der Waals surface area (Å²) in [4.78, 5) is 25.9. The molecule has 0 radical (unpaired) electrons. The Morgan fingerprint density at radius 3 is 1.51 bits per heavy atom. The Morgan fingerprint density at radius 1 is 0.566 bits per heavy atom. The lowest BCUT2D eigenvalue weighted by molar-refractivity contribution is -0.150. The van der Waals surface area contributed by atoms with Gasteiger partial charge in [-0.1, -0.05) is 198 Å². The Morgan fingerprint density at radius 2 is 1.00 bits per heavy atom. The summed E-state index contributed by atoms with van der Waals surface area (Å²) in [5.41, 5.74) is 0. The monoisotopic (exact) mass is 744 g/mol. The van der Waals surface area contributed by atoms with Crippen molar-refractivity contribution >= 4 is 11.9 Å². The lowest BCUT2D eigenvalue weighted by Gasteiger charge is -2.24. The number of carbonyl (C=O) groups is 2. The molecule has 0 heterocycles. The van der Waals surface area contributed by atoms with Crippen LogP contribution in [0.5, 0.6) is 0 Å². The Labute approximate surface area is 327 Å². The van der Waals surface area contributed by atoms with E-state index in [1.807, 2.05) is 12.2 Å². The number of nitrogens with one attached hydrogen (secondary N) is 1. The van der Waals surface area contributed by atoms with Crippen molar-refractivity contribution in [2.24, 2.45) is 0 Å². The maximum absolute atomic E-state index is 13.1. The predicted octanol–water partition coefficient (Wildman–Crippen LogP) is 12.7. The number of aliphatic hydroxyl groups excluding tert-OH is 2. The third-order valence-electron chi connectivity index (χ3n) is 9.91. The van der Waals surface area contributed by atoms with Gasteiger partial charge in [0.15, 0.2) is 0 Å². The van der Waals surface area contributed by atoms with Gasteiger partial charge in [-0.05, 0) is 44.9 Å². The average molecular weight is 744 g/mol. The molecule has 0 aromatic carbocycles. The average Bonchev–Trinajstić information content (AvgIpc) is 3.15. The molecule has 53 heavy (non-hydrogen) atoms. The number of ether oxygens (including phenoxy) is 1. The SMILES string of the molecule is CCCCC/C=C\C/C=C\C/C=C\C/C=C\CC(CC(=O)NC(CO)C(O)CCCCCCCCCCC)OC(=O)CCCCCCCCCCCC. The molecule has 0 aliphatic heterocycles. The third-order valence-corrected chi connectivity index (χ3v) is 9.91. The molecule has 1 amide bonds. The Hall–Kier alpha value is -2.18. The molecule has 0 aromatic rings. The van der Waals surface area contributed by atoms with Crippen molar-refractivity contribution in [3.63, 3.8) is 0 Å². The van der Waals surface area contributed by atoms with Crippen LogP contribution >= 0.6 is 0 Å². The molecule has 6 heteroatoms. The normalized spacial score (nSPS) is 13.8. The summed E-state index contributed by atoms with van der Waals surface area (Å²) in [5, 5.41) is 23.5. The molecular formula is C47H85NO5. The van der Waals surface area contributed by atoms with E-state index >= 15 is 0 Å². The second kappa shape index (κ2) is 41.0. The number of rotatable bonds is 39. The van der Waals surface area contributed by atoms with Crippen LogP contribution in [0.25, 0.3) is 0 Å². The highest BCUT2D eigenvalue weighted by Crippen LogP contribution is 2.15. The predicted molar refractivity (Wildman–Crippen MR) is 227 cm³/mol. The number of aliphatic hydroxyl groups is 2. The van der Waals surface area contributed by atoms with E-state index in [1.165, 1.54) is 109 Å². The van der Waals surface area contributed by atoms with Gasteiger partial charge in [-0.15, -0.1) is 0 Å². The minimum absolute atomic E-state index is 0.00302. The molecule has 0 aliphatic rings. The molecular weight excluding hydrogens is 659 g/mol. The number of carbonyl (C=O) groups excluding carboxylic acids is 2. The summed E-state index contributed by atoms with van der Waals surface area (Å²) in [6.45, 7) is 6.38. The van der Waals surface area contributed by atoms with Gasteiger partial charge in [-0.3, -0.25) is 9.59 Å². The fraction of sp³-hybridized carbons (Fsp3) is 0.787. The second-order valence-electron chi connectivity index (χ2n) is 15.1. The van der Waals surface area contributed by atoms with Gasteiger partial charge < -0.3 is 20.3 Å². The zero-order valence-electron chi connectivity index (χ0n) is 34.9. The summed E-state index contributed by atoms with van der Waals surface area (Å²) < 4.78 is 5.82. The topological polar surface area (TPSA) is 95.9 Å². The van der Waals surface area contributed by atoms with Crippen LogP contribution in [0.1, 0.15) is 213 Å². The number of allylic oxidation sites excluding steroid dienone is 7. The van der Waals surface area contributed by atoms with Crippen molar-refractivity contribution in [3.05, 3.63) is 48.6 Å². The zero-order valence-corrected chi connectivity index (χ0v) is 34.9. The fourth-order valence-corrected chi connectivity index (χ4v) is 6.47. The van der Waals surface area contributed by atoms with Crippen molar-refractivity contribution in [2.45, 2.75) is 232 Å². The zero-order chi connectivity index (χ0) is 38.9. The molecule has 0 bridgehead atoms. The molecule has 0 saturated heterocycles. The third kappa shape index (κ3) is 36.6. The number of unbranched alkanes of at least 4 members (excludes halogenated alkanes) is 20. The van der Waals surface area contributed by atoms with E-state index in [0.29, 0.717) is 19.3 Å². The van der Waals surface area contributed by atoms with E-state index in [0.717, 1.165) is 57.8 Å². The van der Waals surface area contributed by atoms with Gasteiger partial charge in [0, 0.05) is 12.8 Å². The molecule has 0 spiro atoms. The van der Waals surface area contributed by atoms with E-state index in [-0.39, 0.29) is 24.9 Å². The van der Waals surface area contributed by atoms with Crippen LogP contribution in [0.3, 0.4) is 0 Å². The number of esters is 1. The molecule has 0 saturated carbocycles. The standard InChI is InChI=1S/C47H85NO5/c1-4-7-10-13-16-19-21-22-23-24-25-27-29-32-35-38-43(53-47(52)40-37-34-31-28-20-17-14-11-8-5-2)41-46(51)48-44(42-49)45(50)39-36-33-30-26-18-15-12-9-6-3/h16,19,22-23,25,27,32,35,43-45,49-50H,4-15,17-18,20-21,24,26,28-31,33-34,36-42H2,1-3H3,(H,48,51)/b19-16-,23-22-,27-25-,35-32-. The molecule has 3 unspecified atom stereocenters. The highest BCUT2D eigenvalue weighted by atomic mass is 16.5. The molecule has 0 rings (SSSR count). The van der Waals surface area contributed by atoms with Crippen molar-refractivity contribution < 1.29 is 24.5 Å². The summed E-state index contributed by atoms with van der Waals surface area (Å²) in [5.74, 6) is -0.579. The molecule has 0 fully saturated rings. The molecule has 0 aliphatic carbocycles. The second-order valence-corrected chi connectivity index (χ2v) is 15.1. The Balaban J connectivity index is 4.77. The van der Waals surface area contributed by atoms with E-state index in [4.69, 9.17) is 4.74 Å². The van der Waals surface area contributed by atoms with Crippen molar-refractivity contribution in [1.29, 1.82) is 0 Å². The first-order valence-corrected chi connectivity index (χ1v) is 22.4. The first-order chi connectivity index (χ1) is 26.0. The summed E-state index contributed by atoms with van der Waals surface area (Å²) in [7, 11) is 0. The van der Waals surface area contributed by atoms with E-state index in [9.17, 15) is 19.8 Å². The van der Waals surface area contributed by atoms with Gasteiger partial charge >= 0.3 is 5.97 Å². The van der Waals surface area contributed by atoms with Crippen LogP contribution in [0, 0.1) is 0 Å². The van der Waals surface area contributed by atoms with Crippen molar-refractivity contribution in [3.8, 4) is 0 Å². The summed E-state index contributed by atoms with van der Waals surface area (Å²) in [6.07, 6.45) is 47.6. The van der Waals surface area contributed by atoms with Gasteiger partial charge in [0.2, 0.25) is 5.91 Å². The van der Waals surface area contributed by atoms with Crippen molar-refractivity contribution in [1.82, 2.24) is 5.32 Å². The van der Waals surface area contributed by atoms with Crippen molar-refractivity contribution in [2.75, 3.05) is 6.61 Å². The van der Waals surface area contributed by atoms with Gasteiger partial charge in [0.05, 0.1) is 25.2 Å². The minimum Gasteiger partial charge on any atom is -0.461 e. The highest BCUT2D eigenvalue weighted by molar-refractivity contribution is 5.77. The van der Waals surface area contributed by atoms with Crippen LogP contribution < -0.4 is 5.32 Å². The van der Waals surface area contributed by atoms with Crippen LogP contribution in [-0.4, -0.2) is 46.9 Å². The van der Waals surface area contributed by atoms with E-state index in [1.54, 1.807) is 0 Å². The molecule has 3 atom stereocenters. The largest absolute Gasteiger partial charge is 0.461 e. The van der Waals surface area contributed by atoms with Crippen LogP contribution in [0.4, 0.5) is 0 Å². The maximum atomic E-state index is 13.1. The quantitative estimate of drug-likeness (QED) is 0.0331. The summed E-state index contributed by atoms with van der Waals surface area (Å²) in [6, 6.07) is -0.726. The Kier molecular flexibility index (Phi) is 39.3. The molecule has 3 N–H and O–H groups in total. The Bertz CT molecular complexity index is 926. The van der Waals surface area contributed by atoms with Gasteiger partial charge in [-0.25, -0.2) is 0 Å². The number of hydrogen-bond donors (Lipinski definition) is 3. The molecule has 6 nitrogen and oxygen atoms in total. The van der Waals surface area contributed by atoms with Crippen LogP contribution in [-0.2, 0) is 14.3 Å². The molecule has 308 valence electrons. The van der Waals surface area contributed by atoms with Crippen LogP contribution in [0.15, 0.2) is 48.6 Å². The first kappa shape index (κ1) is 50.8. The molecule has 0 aromatic heterocycles. The lowest BCUT2D eigenvalue weighted by atomic mass is 10.0. The smallest absolute Gasteiger partial charge is 0.306 e. The van der Waals surface area contributed by atoms with E-state index in [2.05, 4.69) is 62.5 Å². The first-order valence-electron chi connectivity index (χ1n) is 22.4. The fourth-order valence-electron chi connectivity index (χ4n) is 6.47.